The fraction of sp³-hybridized carbons (Fsp3) is 0.417. The molecule has 1 atom stereocenters. The number of ether oxygens (including phenoxy) is 2. The van der Waals surface area contributed by atoms with Crippen molar-refractivity contribution in [3.8, 4) is 0 Å². The van der Waals surface area contributed by atoms with E-state index in [2.05, 4.69) is 0 Å². The molecular formula is C12H14O3. The van der Waals surface area contributed by atoms with Crippen LogP contribution in [0.25, 0.3) is 0 Å². The standard InChI is InChI=1S/C12H14O3/c1-2-15-12(8-9-14-11(12)13)10-6-4-3-5-7-10/h3-7H,2,8-9H2,1H3/t12-/m1/s1. The molecule has 0 saturated carbocycles. The summed E-state index contributed by atoms with van der Waals surface area (Å²) in [5.41, 5.74) is 0.0186. The highest BCUT2D eigenvalue weighted by atomic mass is 16.6. The largest absolute Gasteiger partial charge is 0.463 e. The molecule has 1 aliphatic heterocycles. The van der Waals surface area contributed by atoms with Gasteiger partial charge in [-0.15, -0.1) is 0 Å². The van der Waals surface area contributed by atoms with E-state index >= 15 is 0 Å². The van der Waals surface area contributed by atoms with Crippen LogP contribution in [0.5, 0.6) is 0 Å². The summed E-state index contributed by atoms with van der Waals surface area (Å²) >= 11 is 0. The van der Waals surface area contributed by atoms with Crippen molar-refractivity contribution in [2.24, 2.45) is 0 Å². The average Bonchev–Trinajstić information content (AvgIpc) is 2.63. The second kappa shape index (κ2) is 4.03. The lowest BCUT2D eigenvalue weighted by Crippen LogP contribution is -2.34. The number of benzene rings is 1. The summed E-state index contributed by atoms with van der Waals surface area (Å²) < 4.78 is 10.6. The van der Waals surface area contributed by atoms with Gasteiger partial charge in [0.2, 0.25) is 0 Å². The van der Waals surface area contributed by atoms with E-state index in [0.717, 1.165) is 5.56 Å². The normalized spacial score (nSPS) is 25.3. The van der Waals surface area contributed by atoms with E-state index in [1.54, 1.807) is 0 Å². The summed E-state index contributed by atoms with van der Waals surface area (Å²) in [6.07, 6.45) is 0.601. The van der Waals surface area contributed by atoms with E-state index < -0.39 is 5.60 Å². The third-order valence-corrected chi connectivity index (χ3v) is 2.65. The van der Waals surface area contributed by atoms with Gasteiger partial charge in [-0.05, 0) is 12.5 Å². The van der Waals surface area contributed by atoms with Gasteiger partial charge in [-0.25, -0.2) is 4.79 Å². The Balaban J connectivity index is 2.39. The highest BCUT2D eigenvalue weighted by Crippen LogP contribution is 2.35. The van der Waals surface area contributed by atoms with Crippen LogP contribution >= 0.6 is 0 Å². The molecule has 1 fully saturated rings. The number of carbonyl (C=O) groups excluding carboxylic acids is 1. The van der Waals surface area contributed by atoms with Crippen LogP contribution in [0.2, 0.25) is 0 Å². The zero-order chi connectivity index (χ0) is 10.7. The van der Waals surface area contributed by atoms with Crippen LogP contribution in [-0.2, 0) is 19.9 Å². The van der Waals surface area contributed by atoms with Gasteiger partial charge in [-0.1, -0.05) is 30.3 Å². The fourth-order valence-corrected chi connectivity index (χ4v) is 1.94. The molecule has 0 spiro atoms. The summed E-state index contributed by atoms with van der Waals surface area (Å²) in [5, 5.41) is 0. The van der Waals surface area contributed by atoms with Gasteiger partial charge in [0.15, 0.2) is 5.60 Å². The summed E-state index contributed by atoms with van der Waals surface area (Å²) in [6.45, 7) is 2.83. The van der Waals surface area contributed by atoms with Gasteiger partial charge in [-0.3, -0.25) is 0 Å². The third-order valence-electron chi connectivity index (χ3n) is 2.65. The zero-order valence-corrected chi connectivity index (χ0v) is 8.73. The van der Waals surface area contributed by atoms with Gasteiger partial charge < -0.3 is 9.47 Å². The number of esters is 1. The molecule has 1 heterocycles. The predicted molar refractivity (Wildman–Crippen MR) is 55.3 cm³/mol. The highest BCUT2D eigenvalue weighted by Gasteiger charge is 2.47. The Labute approximate surface area is 89.0 Å². The molecule has 80 valence electrons. The lowest BCUT2D eigenvalue weighted by Gasteiger charge is -2.24. The van der Waals surface area contributed by atoms with Gasteiger partial charge in [0.1, 0.15) is 0 Å². The Morgan fingerprint density at radius 2 is 2.13 bits per heavy atom. The Bertz CT molecular complexity index is 347. The lowest BCUT2D eigenvalue weighted by molar-refractivity contribution is -0.159. The predicted octanol–water partition coefficient (Wildman–Crippen LogP) is 1.87. The molecule has 0 N–H and O–H groups in total. The molecule has 0 unspecified atom stereocenters. The molecular weight excluding hydrogens is 192 g/mol. The second-order valence-corrected chi connectivity index (χ2v) is 3.51. The van der Waals surface area contributed by atoms with E-state index in [9.17, 15) is 4.79 Å². The first-order chi connectivity index (χ1) is 7.29. The molecule has 1 aromatic carbocycles. The molecule has 2 rings (SSSR count). The molecule has 1 aromatic rings. The van der Waals surface area contributed by atoms with E-state index in [4.69, 9.17) is 9.47 Å². The maximum Gasteiger partial charge on any atom is 0.343 e. The number of carbonyl (C=O) groups is 1. The van der Waals surface area contributed by atoms with Crippen molar-refractivity contribution in [1.82, 2.24) is 0 Å². The van der Waals surface area contributed by atoms with Crippen molar-refractivity contribution in [1.29, 1.82) is 0 Å². The van der Waals surface area contributed by atoms with Crippen LogP contribution in [0.1, 0.15) is 18.9 Å². The SMILES string of the molecule is CCO[C@@]1(c2ccccc2)CCOC1=O. The summed E-state index contributed by atoms with van der Waals surface area (Å²) in [5.74, 6) is -0.268. The molecule has 1 aliphatic rings. The molecule has 3 nitrogen and oxygen atoms in total. The van der Waals surface area contributed by atoms with Crippen LogP contribution < -0.4 is 0 Å². The van der Waals surface area contributed by atoms with Crippen molar-refractivity contribution in [2.45, 2.75) is 18.9 Å². The van der Waals surface area contributed by atoms with Crippen molar-refractivity contribution in [2.75, 3.05) is 13.2 Å². The molecule has 0 amide bonds. The molecule has 15 heavy (non-hydrogen) atoms. The maximum atomic E-state index is 11.7. The smallest absolute Gasteiger partial charge is 0.343 e. The van der Waals surface area contributed by atoms with E-state index in [1.807, 2.05) is 37.3 Å². The van der Waals surface area contributed by atoms with Crippen molar-refractivity contribution in [3.63, 3.8) is 0 Å². The Morgan fingerprint density at radius 3 is 2.67 bits per heavy atom. The van der Waals surface area contributed by atoms with E-state index in [0.29, 0.717) is 19.6 Å². The summed E-state index contributed by atoms with van der Waals surface area (Å²) in [4.78, 5) is 11.7. The Hall–Kier alpha value is -1.35. The first kappa shape index (κ1) is 10.2. The summed E-state index contributed by atoms with van der Waals surface area (Å²) in [6, 6.07) is 9.54. The molecule has 0 aromatic heterocycles. The Morgan fingerprint density at radius 1 is 1.40 bits per heavy atom. The molecule has 3 heteroatoms. The van der Waals surface area contributed by atoms with Crippen LogP contribution in [0.4, 0.5) is 0 Å². The number of hydrogen-bond acceptors (Lipinski definition) is 3. The molecule has 0 aliphatic carbocycles. The van der Waals surface area contributed by atoms with Crippen molar-refractivity contribution >= 4 is 5.97 Å². The third kappa shape index (κ3) is 1.63. The van der Waals surface area contributed by atoms with Gasteiger partial charge in [0.25, 0.3) is 0 Å². The van der Waals surface area contributed by atoms with E-state index in [1.165, 1.54) is 0 Å². The first-order valence-corrected chi connectivity index (χ1v) is 5.16. The van der Waals surface area contributed by atoms with Crippen molar-refractivity contribution < 1.29 is 14.3 Å². The number of hydrogen-bond donors (Lipinski definition) is 0. The average molecular weight is 206 g/mol. The van der Waals surface area contributed by atoms with Crippen LogP contribution in [-0.4, -0.2) is 19.2 Å². The highest BCUT2D eigenvalue weighted by molar-refractivity contribution is 5.83. The first-order valence-electron chi connectivity index (χ1n) is 5.16. The van der Waals surface area contributed by atoms with Gasteiger partial charge in [0, 0.05) is 13.0 Å². The maximum absolute atomic E-state index is 11.7. The minimum atomic E-state index is -0.865. The van der Waals surface area contributed by atoms with Crippen LogP contribution in [0, 0.1) is 0 Å². The molecule has 0 radical (unpaired) electrons. The minimum absolute atomic E-state index is 0.268. The Kier molecular flexibility index (Phi) is 2.73. The molecule has 1 saturated heterocycles. The number of cyclic esters (lactones) is 1. The quantitative estimate of drug-likeness (QED) is 0.708. The zero-order valence-electron chi connectivity index (χ0n) is 8.73. The second-order valence-electron chi connectivity index (χ2n) is 3.51. The topological polar surface area (TPSA) is 35.5 Å². The summed E-state index contributed by atoms with van der Waals surface area (Å²) in [7, 11) is 0. The van der Waals surface area contributed by atoms with Crippen LogP contribution in [0.3, 0.4) is 0 Å². The lowest BCUT2D eigenvalue weighted by atomic mass is 9.92. The van der Waals surface area contributed by atoms with E-state index in [-0.39, 0.29) is 5.97 Å². The minimum Gasteiger partial charge on any atom is -0.463 e. The monoisotopic (exact) mass is 206 g/mol. The molecule has 0 bridgehead atoms. The number of rotatable bonds is 3. The van der Waals surface area contributed by atoms with Gasteiger partial charge >= 0.3 is 5.97 Å². The fourth-order valence-electron chi connectivity index (χ4n) is 1.94. The van der Waals surface area contributed by atoms with Gasteiger partial charge in [-0.2, -0.15) is 0 Å². The van der Waals surface area contributed by atoms with Crippen molar-refractivity contribution in [3.05, 3.63) is 35.9 Å². The van der Waals surface area contributed by atoms with Gasteiger partial charge in [0.05, 0.1) is 6.61 Å². The van der Waals surface area contributed by atoms with Crippen LogP contribution in [0.15, 0.2) is 30.3 Å².